The van der Waals surface area contributed by atoms with Crippen molar-refractivity contribution >= 4 is 22.9 Å². The number of hydrogen-bond acceptors (Lipinski definition) is 3. The largest absolute Gasteiger partial charge is 0.494 e. The molecule has 0 saturated carbocycles. The monoisotopic (exact) mass is 253 g/mol. The molecule has 1 heterocycles. The number of rotatable bonds is 3. The first kappa shape index (κ1) is 11.4. The molecule has 0 aliphatic heterocycles. The van der Waals surface area contributed by atoms with Gasteiger partial charge in [0.1, 0.15) is 5.75 Å². The van der Waals surface area contributed by atoms with Crippen molar-refractivity contribution in [1.82, 2.24) is 4.98 Å². The second-order valence-corrected chi connectivity index (χ2v) is 4.80. The Morgan fingerprint density at radius 2 is 2.25 bits per heavy atom. The van der Waals surface area contributed by atoms with E-state index in [0.717, 1.165) is 22.0 Å². The number of hydrogen-bond donors (Lipinski definition) is 0. The van der Waals surface area contributed by atoms with Gasteiger partial charge in [-0.25, -0.2) is 4.98 Å². The third-order valence-electron chi connectivity index (χ3n) is 2.15. The van der Waals surface area contributed by atoms with Crippen molar-refractivity contribution in [1.29, 1.82) is 0 Å². The van der Waals surface area contributed by atoms with Crippen LogP contribution < -0.4 is 4.74 Å². The van der Waals surface area contributed by atoms with E-state index in [4.69, 9.17) is 16.3 Å². The fourth-order valence-electron chi connectivity index (χ4n) is 1.45. The molecular formula is C12H12ClNOS. The summed E-state index contributed by atoms with van der Waals surface area (Å²) in [6, 6.07) is 5.69. The highest BCUT2D eigenvalue weighted by Gasteiger charge is 2.07. The molecule has 1 aromatic heterocycles. The van der Waals surface area contributed by atoms with Gasteiger partial charge in [0.2, 0.25) is 0 Å². The molecule has 2 aromatic rings. The zero-order chi connectivity index (χ0) is 11.5. The minimum atomic E-state index is 0.644. The number of nitrogens with zero attached hydrogens (tertiary/aromatic N) is 1. The summed E-state index contributed by atoms with van der Waals surface area (Å²) < 4.78 is 5.38. The van der Waals surface area contributed by atoms with Crippen molar-refractivity contribution < 1.29 is 4.74 Å². The molecule has 0 spiro atoms. The lowest BCUT2D eigenvalue weighted by Gasteiger charge is -2.05. The van der Waals surface area contributed by atoms with Crippen molar-refractivity contribution in [3.8, 4) is 17.0 Å². The van der Waals surface area contributed by atoms with E-state index >= 15 is 0 Å². The molecular weight excluding hydrogens is 242 g/mol. The first-order valence-corrected chi connectivity index (χ1v) is 6.31. The summed E-state index contributed by atoms with van der Waals surface area (Å²) in [7, 11) is 0. The molecule has 0 fully saturated rings. The van der Waals surface area contributed by atoms with Gasteiger partial charge < -0.3 is 4.74 Å². The Kier molecular flexibility index (Phi) is 3.46. The fourth-order valence-corrected chi connectivity index (χ4v) is 2.33. The minimum absolute atomic E-state index is 0.644. The van der Waals surface area contributed by atoms with E-state index in [9.17, 15) is 0 Å². The van der Waals surface area contributed by atoms with Crippen LogP contribution in [0.3, 0.4) is 0 Å². The summed E-state index contributed by atoms with van der Waals surface area (Å²) >= 11 is 7.81. The van der Waals surface area contributed by atoms with Crippen molar-refractivity contribution in [2.75, 3.05) is 6.61 Å². The van der Waals surface area contributed by atoms with E-state index in [0.29, 0.717) is 11.6 Å². The lowest BCUT2D eigenvalue weighted by Crippen LogP contribution is -1.91. The van der Waals surface area contributed by atoms with Crippen molar-refractivity contribution in [3.05, 3.63) is 33.6 Å². The van der Waals surface area contributed by atoms with E-state index in [1.807, 2.05) is 37.4 Å². The molecule has 0 saturated heterocycles. The van der Waals surface area contributed by atoms with Crippen LogP contribution >= 0.6 is 22.9 Å². The molecule has 0 amide bonds. The number of benzene rings is 1. The third kappa shape index (κ3) is 2.36. The van der Waals surface area contributed by atoms with Crippen LogP contribution in [0.1, 0.15) is 11.9 Å². The summed E-state index contributed by atoms with van der Waals surface area (Å²) in [4.78, 5) is 4.41. The Morgan fingerprint density at radius 3 is 2.81 bits per heavy atom. The maximum absolute atomic E-state index is 6.19. The van der Waals surface area contributed by atoms with Gasteiger partial charge in [0.25, 0.3) is 0 Å². The Bertz CT molecular complexity index is 496. The topological polar surface area (TPSA) is 22.1 Å². The van der Waals surface area contributed by atoms with Crippen LogP contribution in [0.2, 0.25) is 5.02 Å². The van der Waals surface area contributed by atoms with E-state index in [1.54, 1.807) is 11.3 Å². The normalized spacial score (nSPS) is 10.4. The van der Waals surface area contributed by atoms with Crippen molar-refractivity contribution in [2.45, 2.75) is 13.8 Å². The van der Waals surface area contributed by atoms with Crippen molar-refractivity contribution in [2.24, 2.45) is 0 Å². The highest BCUT2D eigenvalue weighted by molar-refractivity contribution is 7.09. The number of aryl methyl sites for hydroxylation is 1. The molecule has 0 aliphatic carbocycles. The van der Waals surface area contributed by atoms with Crippen molar-refractivity contribution in [3.63, 3.8) is 0 Å². The molecule has 0 atom stereocenters. The third-order valence-corrected chi connectivity index (χ3v) is 3.23. The van der Waals surface area contributed by atoms with Gasteiger partial charge in [0, 0.05) is 10.9 Å². The number of ether oxygens (including phenoxy) is 1. The van der Waals surface area contributed by atoms with Gasteiger partial charge in [-0.3, -0.25) is 0 Å². The zero-order valence-electron chi connectivity index (χ0n) is 9.16. The molecule has 16 heavy (non-hydrogen) atoms. The number of thiazole rings is 1. The Hall–Kier alpha value is -1.06. The number of halogens is 1. The van der Waals surface area contributed by atoms with E-state index in [2.05, 4.69) is 4.98 Å². The summed E-state index contributed by atoms with van der Waals surface area (Å²) in [5, 5.41) is 3.73. The van der Waals surface area contributed by atoms with Crippen LogP contribution in [0.15, 0.2) is 23.6 Å². The Balaban J connectivity index is 2.36. The smallest absolute Gasteiger partial charge is 0.120 e. The molecule has 1 aromatic carbocycles. The minimum Gasteiger partial charge on any atom is -0.494 e. The summed E-state index contributed by atoms with van der Waals surface area (Å²) in [5.74, 6) is 0.795. The maximum Gasteiger partial charge on any atom is 0.120 e. The summed E-state index contributed by atoms with van der Waals surface area (Å²) in [6.07, 6.45) is 0. The predicted molar refractivity (Wildman–Crippen MR) is 68.5 cm³/mol. The van der Waals surface area contributed by atoms with Gasteiger partial charge >= 0.3 is 0 Å². The molecule has 0 unspecified atom stereocenters. The molecule has 4 heteroatoms. The quantitative estimate of drug-likeness (QED) is 0.819. The van der Waals surface area contributed by atoms with E-state index < -0.39 is 0 Å². The van der Waals surface area contributed by atoms with Gasteiger partial charge in [0.05, 0.1) is 22.3 Å². The maximum atomic E-state index is 6.19. The average molecular weight is 254 g/mol. The number of aromatic nitrogens is 1. The van der Waals surface area contributed by atoms with Gasteiger partial charge in [-0.2, -0.15) is 0 Å². The molecule has 0 aliphatic rings. The first-order valence-electron chi connectivity index (χ1n) is 5.05. The van der Waals surface area contributed by atoms with Crippen LogP contribution in [0.25, 0.3) is 11.3 Å². The molecule has 84 valence electrons. The van der Waals surface area contributed by atoms with Gasteiger partial charge in [-0.05, 0) is 32.0 Å². The summed E-state index contributed by atoms with van der Waals surface area (Å²) in [5.41, 5.74) is 1.88. The summed E-state index contributed by atoms with van der Waals surface area (Å²) in [6.45, 7) is 4.58. The predicted octanol–water partition coefficient (Wildman–Crippen LogP) is 4.17. The zero-order valence-corrected chi connectivity index (χ0v) is 10.7. The second-order valence-electron chi connectivity index (χ2n) is 3.33. The van der Waals surface area contributed by atoms with Crippen LogP contribution in [0.5, 0.6) is 5.75 Å². The Labute approximate surface area is 104 Å². The van der Waals surface area contributed by atoms with Crippen LogP contribution in [0.4, 0.5) is 0 Å². The standard InChI is InChI=1S/C12H12ClNOS/c1-3-15-9-4-5-10(11(13)6-9)12-7-16-8(2)14-12/h4-7H,3H2,1-2H3. The van der Waals surface area contributed by atoms with E-state index in [-0.39, 0.29) is 0 Å². The SMILES string of the molecule is CCOc1ccc(-c2csc(C)n2)c(Cl)c1. The molecule has 0 radical (unpaired) electrons. The van der Waals surface area contributed by atoms with Crippen LogP contribution in [-0.4, -0.2) is 11.6 Å². The molecule has 2 rings (SSSR count). The van der Waals surface area contributed by atoms with Gasteiger partial charge in [-0.1, -0.05) is 11.6 Å². The average Bonchev–Trinajstić information content (AvgIpc) is 2.65. The molecule has 0 N–H and O–H groups in total. The lowest BCUT2D eigenvalue weighted by molar-refractivity contribution is 0.340. The second kappa shape index (κ2) is 4.85. The highest BCUT2D eigenvalue weighted by atomic mass is 35.5. The fraction of sp³-hybridized carbons (Fsp3) is 0.250. The van der Waals surface area contributed by atoms with Gasteiger partial charge in [0.15, 0.2) is 0 Å². The highest BCUT2D eigenvalue weighted by Crippen LogP contribution is 2.31. The van der Waals surface area contributed by atoms with Crippen LogP contribution in [-0.2, 0) is 0 Å². The lowest BCUT2D eigenvalue weighted by atomic mass is 10.1. The first-order chi connectivity index (χ1) is 7.70. The Morgan fingerprint density at radius 1 is 1.44 bits per heavy atom. The van der Waals surface area contributed by atoms with E-state index in [1.165, 1.54) is 0 Å². The molecule has 0 bridgehead atoms. The molecule has 2 nitrogen and oxygen atoms in total. The van der Waals surface area contributed by atoms with Crippen LogP contribution in [0, 0.1) is 6.92 Å². The van der Waals surface area contributed by atoms with Gasteiger partial charge in [-0.15, -0.1) is 11.3 Å².